The summed E-state index contributed by atoms with van der Waals surface area (Å²) in [5, 5.41) is 4.21. The van der Waals surface area contributed by atoms with Crippen molar-refractivity contribution < 1.29 is 4.79 Å². The molecule has 7 nitrogen and oxygen atoms in total. The first-order valence-electron chi connectivity index (χ1n) is 20.9. The zero-order chi connectivity index (χ0) is 35.8. The molecule has 0 bridgehead atoms. The summed E-state index contributed by atoms with van der Waals surface area (Å²) in [4.78, 5) is 28.0. The molecule has 0 aliphatic carbocycles. The quantitative estimate of drug-likeness (QED) is 0.0705. The lowest BCUT2D eigenvalue weighted by atomic mass is 10.1. The maximum Gasteiger partial charge on any atom is 0.225 e. The molecule has 0 radical (unpaired) electrons. The Kier molecular flexibility index (Phi) is 21.3. The summed E-state index contributed by atoms with van der Waals surface area (Å²) in [6.07, 6.45) is 26.0. The maximum absolute atomic E-state index is 13.1. The van der Waals surface area contributed by atoms with Crippen LogP contribution in [0.15, 0.2) is 30.6 Å². The number of nitrogens with zero attached hydrogens (tertiary/aromatic N) is 5. The van der Waals surface area contributed by atoms with E-state index in [1.54, 1.807) is 0 Å². The van der Waals surface area contributed by atoms with Gasteiger partial charge in [0.2, 0.25) is 5.91 Å². The number of rotatable bonds is 30. The molecule has 0 atom stereocenters. The molecular weight excluding hydrogens is 617 g/mol. The lowest BCUT2D eigenvalue weighted by Gasteiger charge is -2.25. The third-order valence-electron chi connectivity index (χ3n) is 10.2. The predicted octanol–water partition coefficient (Wildman–Crippen LogP) is 11.3. The highest BCUT2D eigenvalue weighted by Crippen LogP contribution is 2.29. The maximum atomic E-state index is 13.1. The van der Waals surface area contributed by atoms with Crippen molar-refractivity contribution in [2.24, 2.45) is 5.92 Å². The summed E-state index contributed by atoms with van der Waals surface area (Å²) in [5.41, 5.74) is 2.73. The van der Waals surface area contributed by atoms with Crippen molar-refractivity contribution in [1.82, 2.24) is 24.3 Å². The first kappa shape index (κ1) is 41.9. The molecule has 0 aliphatic heterocycles. The number of nitrogens with one attached hydrogen (secondary N) is 1. The Hall–Kier alpha value is -2.51. The Morgan fingerprint density at radius 1 is 0.700 bits per heavy atom. The average Bonchev–Trinajstić information content (AvgIpc) is 3.53. The van der Waals surface area contributed by atoms with Gasteiger partial charge in [-0.25, -0.2) is 9.97 Å². The molecule has 0 spiro atoms. The second-order valence-electron chi connectivity index (χ2n) is 15.2. The second-order valence-corrected chi connectivity index (χ2v) is 15.2. The van der Waals surface area contributed by atoms with Crippen molar-refractivity contribution in [2.45, 2.75) is 163 Å². The van der Waals surface area contributed by atoms with E-state index < -0.39 is 0 Å². The largest absolute Gasteiger partial charge is 0.330 e. The fourth-order valence-corrected chi connectivity index (χ4v) is 7.26. The number of carbonyl (C=O) groups excluding carboxylic acids is 1. The van der Waals surface area contributed by atoms with Crippen molar-refractivity contribution in [3.8, 4) is 0 Å². The Morgan fingerprint density at radius 2 is 1.24 bits per heavy atom. The Morgan fingerprint density at radius 3 is 1.86 bits per heavy atom. The molecule has 7 heteroatoms. The van der Waals surface area contributed by atoms with Crippen LogP contribution in [0.3, 0.4) is 0 Å². The number of fused-ring (bicyclic) bond motifs is 3. The number of benzene rings is 1. The molecular formula is C43H74N6O. The van der Waals surface area contributed by atoms with Crippen LogP contribution in [0, 0.1) is 5.92 Å². The second kappa shape index (κ2) is 25.4. The molecule has 1 N–H and O–H groups in total. The minimum Gasteiger partial charge on any atom is -0.330 e. The van der Waals surface area contributed by atoms with Crippen LogP contribution in [0.4, 0.5) is 5.82 Å². The van der Waals surface area contributed by atoms with Crippen LogP contribution in [0.5, 0.6) is 0 Å². The van der Waals surface area contributed by atoms with E-state index >= 15 is 0 Å². The van der Waals surface area contributed by atoms with Crippen molar-refractivity contribution in [3.05, 3.63) is 30.6 Å². The van der Waals surface area contributed by atoms with Crippen LogP contribution in [-0.2, 0) is 11.3 Å². The van der Waals surface area contributed by atoms with Crippen LogP contribution in [0.1, 0.15) is 157 Å². The number of aromatic nitrogens is 3. The zero-order valence-electron chi connectivity index (χ0n) is 33.0. The summed E-state index contributed by atoms with van der Waals surface area (Å²) < 4.78 is 2.20. The van der Waals surface area contributed by atoms with E-state index in [2.05, 4.69) is 60.4 Å². The van der Waals surface area contributed by atoms with E-state index in [-0.39, 0.29) is 5.91 Å². The average molecular weight is 691 g/mol. The minimum atomic E-state index is 0.0352. The summed E-state index contributed by atoms with van der Waals surface area (Å²) in [7, 11) is 0. The van der Waals surface area contributed by atoms with Crippen molar-refractivity contribution in [2.75, 3.05) is 44.6 Å². The zero-order valence-corrected chi connectivity index (χ0v) is 33.0. The molecule has 1 amide bonds. The van der Waals surface area contributed by atoms with E-state index in [0.717, 1.165) is 60.8 Å². The van der Waals surface area contributed by atoms with E-state index in [1.165, 1.54) is 122 Å². The lowest BCUT2D eigenvalue weighted by Crippen LogP contribution is -2.32. The molecule has 3 aromatic rings. The van der Waals surface area contributed by atoms with Crippen LogP contribution in [0.2, 0.25) is 0 Å². The van der Waals surface area contributed by atoms with Crippen LogP contribution < -0.4 is 5.32 Å². The van der Waals surface area contributed by atoms with Crippen LogP contribution in [-0.4, -0.2) is 69.5 Å². The van der Waals surface area contributed by atoms with Gasteiger partial charge in [0, 0.05) is 18.4 Å². The summed E-state index contributed by atoms with van der Waals surface area (Å²) in [6.45, 7) is 19.4. The molecule has 0 aliphatic rings. The SMILES string of the molecule is CCCCCCCCCN(CC)CCCN(CCCCCCCCC)CCCCCC(=O)Nc1nc2ccccc2c2c1ncn2CC(C)C. The number of hydrogen-bond acceptors (Lipinski definition) is 5. The number of hydrogen-bond donors (Lipinski definition) is 1. The standard InChI is InChI=1S/C43H74N6O/c1-6-9-11-13-15-17-23-30-47(8-3)33-26-34-48(31-24-18-16-14-12-10-7-2)32-25-19-20-29-40(50)46-43-41-42(49(36-44-41)35-37(4)5)38-27-21-22-28-39(38)45-43/h21-22,27-28,36-37H,6-20,23-26,29-35H2,1-5H3,(H,45,46,50). The molecule has 282 valence electrons. The van der Waals surface area contributed by atoms with Crippen LogP contribution >= 0.6 is 0 Å². The Balaban J connectivity index is 1.44. The highest BCUT2D eigenvalue weighted by atomic mass is 16.1. The Labute approximate surface area is 306 Å². The van der Waals surface area contributed by atoms with Crippen molar-refractivity contribution >= 4 is 33.7 Å². The van der Waals surface area contributed by atoms with Gasteiger partial charge in [0.05, 0.1) is 17.4 Å². The highest BCUT2D eigenvalue weighted by molar-refractivity contribution is 6.09. The highest BCUT2D eigenvalue weighted by Gasteiger charge is 2.16. The van der Waals surface area contributed by atoms with E-state index in [9.17, 15) is 4.79 Å². The first-order valence-corrected chi connectivity index (χ1v) is 20.9. The van der Waals surface area contributed by atoms with Crippen LogP contribution in [0.25, 0.3) is 21.9 Å². The first-order chi connectivity index (χ1) is 24.5. The van der Waals surface area contributed by atoms with Gasteiger partial charge in [-0.1, -0.05) is 136 Å². The van der Waals surface area contributed by atoms with Gasteiger partial charge in [0.15, 0.2) is 5.82 Å². The fraction of sp³-hybridized carbons (Fsp3) is 0.744. The normalized spacial score (nSPS) is 12.0. The molecule has 3 rings (SSSR count). The number of anilines is 1. The monoisotopic (exact) mass is 691 g/mol. The molecule has 0 fully saturated rings. The third kappa shape index (κ3) is 15.8. The molecule has 0 saturated carbocycles. The summed E-state index contributed by atoms with van der Waals surface area (Å²) in [5.74, 6) is 1.11. The molecule has 50 heavy (non-hydrogen) atoms. The smallest absolute Gasteiger partial charge is 0.225 e. The number of pyridine rings is 1. The molecule has 0 saturated heterocycles. The third-order valence-corrected chi connectivity index (χ3v) is 10.2. The predicted molar refractivity (Wildman–Crippen MR) is 216 cm³/mol. The van der Waals surface area contributed by atoms with Gasteiger partial charge in [-0.3, -0.25) is 4.79 Å². The van der Waals surface area contributed by atoms with Gasteiger partial charge in [0.1, 0.15) is 5.52 Å². The van der Waals surface area contributed by atoms with Crippen molar-refractivity contribution in [1.29, 1.82) is 0 Å². The number of carbonyl (C=O) groups is 1. The molecule has 2 aromatic heterocycles. The lowest BCUT2D eigenvalue weighted by molar-refractivity contribution is -0.116. The number of amides is 1. The van der Waals surface area contributed by atoms with Gasteiger partial charge in [-0.05, 0) is 83.4 Å². The fourth-order valence-electron chi connectivity index (χ4n) is 7.26. The van der Waals surface area contributed by atoms with Gasteiger partial charge >= 0.3 is 0 Å². The van der Waals surface area contributed by atoms with Gasteiger partial charge < -0.3 is 19.7 Å². The van der Waals surface area contributed by atoms with E-state index in [1.807, 2.05) is 24.5 Å². The summed E-state index contributed by atoms with van der Waals surface area (Å²) >= 11 is 0. The number of imidazole rings is 1. The van der Waals surface area contributed by atoms with Gasteiger partial charge in [-0.2, -0.15) is 0 Å². The summed E-state index contributed by atoms with van der Waals surface area (Å²) in [6, 6.07) is 8.17. The molecule has 1 aromatic carbocycles. The van der Waals surface area contributed by atoms with Gasteiger partial charge in [-0.15, -0.1) is 0 Å². The Bertz CT molecular complexity index is 1320. The topological polar surface area (TPSA) is 66.3 Å². The van der Waals surface area contributed by atoms with Gasteiger partial charge in [0.25, 0.3) is 0 Å². The molecule has 2 heterocycles. The molecule has 0 unspecified atom stereocenters. The number of para-hydroxylation sites is 1. The van der Waals surface area contributed by atoms with Crippen molar-refractivity contribution in [3.63, 3.8) is 0 Å². The van der Waals surface area contributed by atoms with E-state index in [4.69, 9.17) is 9.97 Å². The minimum absolute atomic E-state index is 0.0352. The number of unbranched alkanes of at least 4 members (excludes halogenated alkanes) is 14. The van der Waals surface area contributed by atoms with E-state index in [0.29, 0.717) is 18.2 Å².